The topological polar surface area (TPSA) is 18.5 Å². The fourth-order valence-corrected chi connectivity index (χ4v) is 0.299. The Hall–Kier alpha value is -0.680. The molecule has 0 saturated heterocycles. The van der Waals surface area contributed by atoms with Crippen molar-refractivity contribution < 1.29 is 9.47 Å². The van der Waals surface area contributed by atoms with E-state index in [1.54, 1.807) is 7.11 Å². The van der Waals surface area contributed by atoms with E-state index in [2.05, 4.69) is 12.0 Å². The van der Waals surface area contributed by atoms with Crippen LogP contribution in [-0.2, 0) is 9.47 Å². The van der Waals surface area contributed by atoms with E-state index in [9.17, 15) is 0 Å². The molecule has 0 N–H and O–H groups in total. The zero-order valence-corrected chi connectivity index (χ0v) is 5.94. The second-order valence-corrected chi connectivity index (χ2v) is 1.47. The summed E-state index contributed by atoms with van der Waals surface area (Å²) in [5.74, 6) is 2.78. The molecule has 0 amide bonds. The molecule has 0 aliphatic rings. The lowest BCUT2D eigenvalue weighted by Crippen LogP contribution is -1.96. The van der Waals surface area contributed by atoms with Crippen molar-refractivity contribution >= 4 is 0 Å². The Labute approximate surface area is 56.2 Å². The van der Waals surface area contributed by atoms with E-state index in [0.717, 1.165) is 6.42 Å². The molecule has 2 heteroatoms. The number of ether oxygens (including phenoxy) is 2. The lowest BCUT2D eigenvalue weighted by molar-refractivity contribution is 0.133. The van der Waals surface area contributed by atoms with Gasteiger partial charge < -0.3 is 9.47 Å². The SMILES string of the molecule is CCC#COCCOC. The highest BCUT2D eigenvalue weighted by molar-refractivity contribution is 4.89. The first-order valence-electron chi connectivity index (χ1n) is 3.00. The fraction of sp³-hybridized carbons (Fsp3) is 0.714. The molecule has 0 heterocycles. The summed E-state index contributed by atoms with van der Waals surface area (Å²) < 4.78 is 9.56. The summed E-state index contributed by atoms with van der Waals surface area (Å²) in [7, 11) is 1.64. The third-order valence-electron chi connectivity index (χ3n) is 0.711. The van der Waals surface area contributed by atoms with Crippen LogP contribution >= 0.6 is 0 Å². The van der Waals surface area contributed by atoms with Crippen LogP contribution in [0.5, 0.6) is 0 Å². The largest absolute Gasteiger partial charge is 0.444 e. The van der Waals surface area contributed by atoms with E-state index in [-0.39, 0.29) is 0 Å². The van der Waals surface area contributed by atoms with Gasteiger partial charge in [-0.05, 0) is 0 Å². The van der Waals surface area contributed by atoms with Crippen molar-refractivity contribution in [3.8, 4) is 12.0 Å². The van der Waals surface area contributed by atoms with Crippen molar-refractivity contribution in [3.05, 3.63) is 0 Å². The van der Waals surface area contributed by atoms with Crippen LogP contribution in [0, 0.1) is 12.0 Å². The number of rotatable bonds is 3. The van der Waals surface area contributed by atoms with Gasteiger partial charge in [0.05, 0.1) is 6.61 Å². The molecule has 0 aromatic carbocycles. The highest BCUT2D eigenvalue weighted by Crippen LogP contribution is 1.72. The second kappa shape index (κ2) is 7.32. The molecule has 52 valence electrons. The van der Waals surface area contributed by atoms with Crippen LogP contribution < -0.4 is 0 Å². The maximum absolute atomic E-state index is 4.83. The summed E-state index contributed by atoms with van der Waals surface area (Å²) in [6, 6.07) is 0. The van der Waals surface area contributed by atoms with Crippen molar-refractivity contribution in [2.75, 3.05) is 20.3 Å². The summed E-state index contributed by atoms with van der Waals surface area (Å²) in [5, 5.41) is 0. The average molecular weight is 128 g/mol. The monoisotopic (exact) mass is 128 g/mol. The van der Waals surface area contributed by atoms with Gasteiger partial charge in [-0.3, -0.25) is 0 Å². The summed E-state index contributed by atoms with van der Waals surface area (Å²) in [6.07, 6.45) is 3.38. The highest BCUT2D eigenvalue weighted by atomic mass is 16.5. The Balaban J connectivity index is 2.90. The molecule has 0 unspecified atom stereocenters. The van der Waals surface area contributed by atoms with Crippen LogP contribution in [0.25, 0.3) is 0 Å². The van der Waals surface area contributed by atoms with Gasteiger partial charge in [-0.2, -0.15) is 0 Å². The number of hydrogen-bond donors (Lipinski definition) is 0. The van der Waals surface area contributed by atoms with Crippen LogP contribution in [0.2, 0.25) is 0 Å². The summed E-state index contributed by atoms with van der Waals surface area (Å²) in [4.78, 5) is 0. The first-order valence-corrected chi connectivity index (χ1v) is 3.00. The first-order chi connectivity index (χ1) is 4.41. The molecule has 0 bridgehead atoms. The van der Waals surface area contributed by atoms with Gasteiger partial charge in [0, 0.05) is 13.5 Å². The molecular weight excluding hydrogens is 116 g/mol. The van der Waals surface area contributed by atoms with Crippen LogP contribution in [0.15, 0.2) is 0 Å². The van der Waals surface area contributed by atoms with Gasteiger partial charge in [-0.1, -0.05) is 12.8 Å². The molecule has 0 spiro atoms. The van der Waals surface area contributed by atoms with Gasteiger partial charge in [0.1, 0.15) is 12.7 Å². The van der Waals surface area contributed by atoms with Crippen molar-refractivity contribution in [2.24, 2.45) is 0 Å². The molecule has 0 atom stereocenters. The van der Waals surface area contributed by atoms with Gasteiger partial charge in [0.15, 0.2) is 0 Å². The molecular formula is C7H12O2. The summed E-state index contributed by atoms with van der Waals surface area (Å²) >= 11 is 0. The van der Waals surface area contributed by atoms with E-state index < -0.39 is 0 Å². The van der Waals surface area contributed by atoms with Crippen LogP contribution in [0.4, 0.5) is 0 Å². The predicted octanol–water partition coefficient (Wildman–Crippen LogP) is 1.02. The smallest absolute Gasteiger partial charge is 0.123 e. The third kappa shape index (κ3) is 7.32. The Kier molecular flexibility index (Phi) is 6.77. The van der Waals surface area contributed by atoms with Gasteiger partial charge in [-0.25, -0.2) is 0 Å². The van der Waals surface area contributed by atoms with Gasteiger partial charge in [0.25, 0.3) is 0 Å². The maximum Gasteiger partial charge on any atom is 0.123 e. The summed E-state index contributed by atoms with van der Waals surface area (Å²) in [5.41, 5.74) is 0. The normalized spacial score (nSPS) is 7.78. The fourth-order valence-electron chi connectivity index (χ4n) is 0.299. The minimum Gasteiger partial charge on any atom is -0.444 e. The standard InChI is InChI=1S/C7H12O2/c1-3-4-5-9-7-6-8-2/h3,6-7H2,1-2H3. The van der Waals surface area contributed by atoms with E-state index in [0.29, 0.717) is 13.2 Å². The Morgan fingerprint density at radius 3 is 2.67 bits per heavy atom. The second-order valence-electron chi connectivity index (χ2n) is 1.47. The van der Waals surface area contributed by atoms with Gasteiger partial charge in [0.2, 0.25) is 0 Å². The van der Waals surface area contributed by atoms with Crippen molar-refractivity contribution in [2.45, 2.75) is 13.3 Å². The minimum atomic E-state index is 0.559. The predicted molar refractivity (Wildman–Crippen MR) is 35.9 cm³/mol. The van der Waals surface area contributed by atoms with Crippen LogP contribution in [0.1, 0.15) is 13.3 Å². The molecule has 0 radical (unpaired) electrons. The zero-order chi connectivity index (χ0) is 6.95. The molecule has 2 nitrogen and oxygen atoms in total. The highest BCUT2D eigenvalue weighted by Gasteiger charge is 1.77. The van der Waals surface area contributed by atoms with Crippen LogP contribution in [-0.4, -0.2) is 20.3 Å². The van der Waals surface area contributed by atoms with E-state index in [1.807, 2.05) is 6.92 Å². The molecule has 0 aliphatic heterocycles. The molecule has 0 aromatic heterocycles. The van der Waals surface area contributed by atoms with Gasteiger partial charge in [-0.15, -0.1) is 0 Å². The average Bonchev–Trinajstić information content (AvgIpc) is 1.89. The first kappa shape index (κ1) is 8.32. The number of hydrogen-bond acceptors (Lipinski definition) is 2. The maximum atomic E-state index is 4.83. The molecule has 9 heavy (non-hydrogen) atoms. The molecule has 0 aromatic rings. The number of methoxy groups -OCH3 is 1. The quantitative estimate of drug-likeness (QED) is 0.417. The molecule has 0 fully saturated rings. The molecule has 0 rings (SSSR count). The lowest BCUT2D eigenvalue weighted by atomic mass is 10.5. The van der Waals surface area contributed by atoms with Crippen LogP contribution in [0.3, 0.4) is 0 Å². The minimum absolute atomic E-state index is 0.559. The van der Waals surface area contributed by atoms with Crippen molar-refractivity contribution in [3.63, 3.8) is 0 Å². The van der Waals surface area contributed by atoms with E-state index in [4.69, 9.17) is 9.47 Å². The van der Waals surface area contributed by atoms with Crippen molar-refractivity contribution in [1.82, 2.24) is 0 Å². The third-order valence-corrected chi connectivity index (χ3v) is 0.711. The van der Waals surface area contributed by atoms with Crippen molar-refractivity contribution in [1.29, 1.82) is 0 Å². The Bertz CT molecular complexity index is 99.2. The summed E-state index contributed by atoms with van der Waals surface area (Å²) in [6.45, 7) is 3.15. The Morgan fingerprint density at radius 2 is 2.11 bits per heavy atom. The zero-order valence-electron chi connectivity index (χ0n) is 5.94. The Morgan fingerprint density at radius 1 is 1.33 bits per heavy atom. The molecule has 0 aliphatic carbocycles. The molecule has 0 saturated carbocycles. The van der Waals surface area contributed by atoms with Gasteiger partial charge >= 0.3 is 0 Å². The lowest BCUT2D eigenvalue weighted by Gasteiger charge is -1.93. The van der Waals surface area contributed by atoms with E-state index >= 15 is 0 Å². The van der Waals surface area contributed by atoms with E-state index in [1.165, 1.54) is 0 Å².